The van der Waals surface area contributed by atoms with Gasteiger partial charge in [-0.1, -0.05) is 53.2 Å². The van der Waals surface area contributed by atoms with Gasteiger partial charge in [-0.2, -0.15) is 0 Å². The summed E-state index contributed by atoms with van der Waals surface area (Å²) < 4.78 is 7.89. The van der Waals surface area contributed by atoms with Crippen LogP contribution in [0.25, 0.3) is 0 Å². The van der Waals surface area contributed by atoms with E-state index in [0.717, 1.165) is 36.4 Å². The van der Waals surface area contributed by atoms with Crippen molar-refractivity contribution in [2.24, 2.45) is 17.8 Å². The quantitative estimate of drug-likeness (QED) is 0.192. The Morgan fingerprint density at radius 3 is 2.53 bits per heavy atom. The first kappa shape index (κ1) is 37.1. The lowest BCUT2D eigenvalue weighted by atomic mass is 9.93. The molecule has 1 fully saturated rings. The number of thiazole rings is 1. The van der Waals surface area contributed by atoms with Crippen molar-refractivity contribution in [2.75, 3.05) is 20.6 Å². The Morgan fingerprint density at radius 2 is 1.94 bits per heavy atom. The van der Waals surface area contributed by atoms with Gasteiger partial charge in [0.05, 0.1) is 12.4 Å². The molecule has 47 heavy (non-hydrogen) atoms. The lowest BCUT2D eigenvalue weighted by molar-refractivity contribution is -0.140. The maximum absolute atomic E-state index is 13.9. The number of benzene rings is 1. The smallest absolute Gasteiger partial charge is 0.270 e. The Balaban J connectivity index is 1.67. The topological polar surface area (TPSA) is 112 Å². The number of Topliss-reactive ketones (excluding diaryl/α,β-unsaturated/α-hetero) is 1. The molecule has 0 spiro atoms. The average Bonchev–Trinajstić information content (AvgIpc) is 3.69. The van der Waals surface area contributed by atoms with Gasteiger partial charge in [-0.15, -0.1) is 24.0 Å². The number of thiol groups is 1. The molecule has 3 amide bonds. The largest absolute Gasteiger partial charge is 0.348 e. The van der Waals surface area contributed by atoms with Gasteiger partial charge in [0.2, 0.25) is 11.8 Å². The fraction of sp³-hybridized carbons (Fsp3) is 0.639. The highest BCUT2D eigenvalue weighted by molar-refractivity contribution is 7.80. The number of nitrogens with one attached hydrogen (secondary N) is 2. The lowest BCUT2D eigenvalue weighted by Gasteiger charge is -2.36. The molecule has 1 aromatic carbocycles. The van der Waals surface area contributed by atoms with Crippen LogP contribution >= 0.6 is 24.0 Å². The minimum Gasteiger partial charge on any atom is -0.348 e. The summed E-state index contributed by atoms with van der Waals surface area (Å²) >= 11 is 5.79. The maximum Gasteiger partial charge on any atom is 0.270 e. The van der Waals surface area contributed by atoms with Crippen LogP contribution in [-0.2, 0) is 27.2 Å². The predicted octanol–water partition coefficient (Wildman–Crippen LogP) is 5.43. The van der Waals surface area contributed by atoms with Crippen molar-refractivity contribution in [3.63, 3.8) is 0 Å². The minimum atomic E-state index is -0.596. The number of likely N-dealkylation sites (tertiary alicyclic amines) is 1. The standard InChI is InChI=1S/C36H55N5O4S2/c1-9-23(4)33(39-35(44)31-14-11-17-40(31)7)36(45)41(8)30(22(2)3)15-16-32-38-29(21-47-32)34(43)37-27(18-24(5)25(6)42)19-26-12-10-13-28(46)20-26/h10,12-13,20-24,27,30-31,33,46H,9,11,14-19H2,1-8H3,(H,37,43)(H,39,44)/i13T. The summed E-state index contributed by atoms with van der Waals surface area (Å²) in [6, 6.07) is 4.51. The van der Waals surface area contributed by atoms with Crippen molar-refractivity contribution in [1.82, 2.24) is 25.4 Å². The Kier molecular flexibility index (Phi) is 14.3. The van der Waals surface area contributed by atoms with E-state index in [2.05, 4.69) is 47.0 Å². The van der Waals surface area contributed by atoms with Gasteiger partial charge < -0.3 is 15.5 Å². The molecule has 2 aromatic rings. The number of aromatic nitrogens is 1. The van der Waals surface area contributed by atoms with E-state index >= 15 is 0 Å². The first-order valence-electron chi connectivity index (χ1n) is 17.4. The van der Waals surface area contributed by atoms with E-state index in [4.69, 9.17) is 1.37 Å². The molecule has 1 saturated heterocycles. The molecular formula is C36H55N5O4S2. The maximum atomic E-state index is 13.9. The van der Waals surface area contributed by atoms with Gasteiger partial charge in [-0.05, 0) is 82.1 Å². The molecule has 1 aliphatic heterocycles. The first-order chi connectivity index (χ1) is 22.6. The second-order valence-electron chi connectivity index (χ2n) is 13.6. The van der Waals surface area contributed by atoms with Gasteiger partial charge in [-0.25, -0.2) is 4.98 Å². The third kappa shape index (κ3) is 11.1. The summed E-state index contributed by atoms with van der Waals surface area (Å²) in [4.78, 5) is 61.5. The number of nitrogens with zero attached hydrogens (tertiary/aromatic N) is 3. The van der Waals surface area contributed by atoms with Crippen LogP contribution in [0.3, 0.4) is 0 Å². The number of rotatable bonds is 17. The molecule has 11 heteroatoms. The summed E-state index contributed by atoms with van der Waals surface area (Å²) in [6.45, 7) is 12.5. The molecule has 9 nitrogen and oxygen atoms in total. The molecule has 0 bridgehead atoms. The molecule has 0 radical (unpaired) electrons. The van der Waals surface area contributed by atoms with Crippen LogP contribution in [-0.4, -0.2) is 83.1 Å². The van der Waals surface area contributed by atoms with E-state index in [0.29, 0.717) is 42.3 Å². The number of hydrogen-bond acceptors (Lipinski definition) is 8. The monoisotopic (exact) mass is 687 g/mol. The molecule has 0 aliphatic carbocycles. The van der Waals surface area contributed by atoms with E-state index < -0.39 is 6.04 Å². The summed E-state index contributed by atoms with van der Waals surface area (Å²) in [7, 11) is 3.78. The minimum absolute atomic E-state index is 0.0114. The predicted molar refractivity (Wildman–Crippen MR) is 192 cm³/mol. The molecule has 3 rings (SSSR count). The Bertz CT molecular complexity index is 1420. The van der Waals surface area contributed by atoms with Crippen LogP contribution < -0.4 is 10.6 Å². The number of aryl methyl sites for hydroxylation is 1. The van der Waals surface area contributed by atoms with Crippen molar-refractivity contribution < 1.29 is 20.5 Å². The summed E-state index contributed by atoms with van der Waals surface area (Å²) in [5, 5.41) is 8.75. The Labute approximate surface area is 292 Å². The van der Waals surface area contributed by atoms with E-state index in [1.165, 1.54) is 11.3 Å². The molecule has 6 unspecified atom stereocenters. The van der Waals surface area contributed by atoms with E-state index in [1.54, 1.807) is 23.3 Å². The zero-order valence-electron chi connectivity index (χ0n) is 30.3. The number of likely N-dealkylation sites (N-methyl/N-ethyl adjacent to an activating group) is 2. The highest BCUT2D eigenvalue weighted by Crippen LogP contribution is 2.23. The Morgan fingerprint density at radius 1 is 1.21 bits per heavy atom. The zero-order chi connectivity index (χ0) is 35.7. The molecule has 1 aromatic heterocycles. The molecular weight excluding hydrogens is 631 g/mol. The van der Waals surface area contributed by atoms with E-state index in [-0.39, 0.29) is 59.4 Å². The van der Waals surface area contributed by atoms with E-state index in [9.17, 15) is 19.2 Å². The fourth-order valence-corrected chi connectivity index (χ4v) is 7.32. The van der Waals surface area contributed by atoms with Crippen LogP contribution in [0, 0.1) is 17.8 Å². The normalized spacial score (nSPS) is 18.6. The van der Waals surface area contributed by atoms with Crippen molar-refractivity contribution in [3.8, 4) is 0 Å². The molecule has 1 aliphatic rings. The van der Waals surface area contributed by atoms with Crippen LogP contribution in [0.2, 0.25) is 0 Å². The highest BCUT2D eigenvalue weighted by Gasteiger charge is 2.36. The number of ketones is 1. The number of hydrogen-bond donors (Lipinski definition) is 3. The zero-order valence-corrected chi connectivity index (χ0v) is 31.0. The van der Waals surface area contributed by atoms with Crippen molar-refractivity contribution in [3.05, 3.63) is 45.9 Å². The lowest BCUT2D eigenvalue weighted by Crippen LogP contribution is -2.56. The van der Waals surface area contributed by atoms with Gasteiger partial charge in [-0.3, -0.25) is 24.1 Å². The fourth-order valence-electron chi connectivity index (χ4n) is 6.29. The molecule has 0 saturated carbocycles. The summed E-state index contributed by atoms with van der Waals surface area (Å²) in [6.07, 6.45) is 4.79. The summed E-state index contributed by atoms with van der Waals surface area (Å²) in [5.74, 6) is -0.462. The Hall–Kier alpha value is -2.76. The number of amides is 3. The van der Waals surface area contributed by atoms with Crippen LogP contribution in [0.1, 0.15) is 96.1 Å². The van der Waals surface area contributed by atoms with Gasteiger partial charge in [0, 0.05) is 41.7 Å². The third-order valence-electron chi connectivity index (χ3n) is 9.65. The molecule has 2 heterocycles. The first-order valence-corrected chi connectivity index (χ1v) is 18.3. The van der Waals surface area contributed by atoms with E-state index in [1.807, 2.05) is 47.0 Å². The summed E-state index contributed by atoms with van der Waals surface area (Å²) in [5.41, 5.74) is 1.25. The second-order valence-corrected chi connectivity index (χ2v) is 15.1. The second kappa shape index (κ2) is 18.1. The van der Waals surface area contributed by atoms with Crippen molar-refractivity contribution in [2.45, 2.75) is 116 Å². The third-order valence-corrected chi connectivity index (χ3v) is 10.8. The average molecular weight is 688 g/mol. The highest BCUT2D eigenvalue weighted by atomic mass is 32.1. The van der Waals surface area contributed by atoms with Gasteiger partial charge >= 0.3 is 0 Å². The van der Waals surface area contributed by atoms with Gasteiger partial charge in [0.25, 0.3) is 5.91 Å². The van der Waals surface area contributed by atoms with Crippen molar-refractivity contribution in [1.29, 1.82) is 0 Å². The number of carbonyl (C=O) groups is 4. The van der Waals surface area contributed by atoms with Gasteiger partial charge in [0.1, 0.15) is 17.5 Å². The molecule has 2 N–H and O–H groups in total. The van der Waals surface area contributed by atoms with Crippen molar-refractivity contribution >= 4 is 47.5 Å². The SMILES string of the molecule is [3H]c1ccc(CC(CC(C)C(C)=O)NC(=O)c2csc(CCC(C(C)C)N(C)C(=O)C(NC(=O)C3CCCN3C)C(C)CC)n2)cc1S. The molecule has 6 atom stereocenters. The van der Waals surface area contributed by atoms with Gasteiger partial charge in [0.15, 0.2) is 0 Å². The number of carbonyl (C=O) groups excluding carboxylic acids is 4. The van der Waals surface area contributed by atoms with Crippen LogP contribution in [0.15, 0.2) is 34.5 Å². The molecule has 260 valence electrons. The van der Waals surface area contributed by atoms with Crippen LogP contribution in [0.5, 0.6) is 0 Å². The van der Waals surface area contributed by atoms with Crippen LogP contribution in [0.4, 0.5) is 0 Å².